The number of ether oxygens (including phenoxy) is 1. The van der Waals surface area contributed by atoms with Crippen molar-refractivity contribution in [1.82, 2.24) is 10.2 Å². The van der Waals surface area contributed by atoms with Gasteiger partial charge in [0, 0.05) is 41.2 Å². The molecule has 0 aliphatic carbocycles. The Kier molecular flexibility index (Phi) is 7.04. The summed E-state index contributed by atoms with van der Waals surface area (Å²) in [6, 6.07) is 9.67. The summed E-state index contributed by atoms with van der Waals surface area (Å²) in [5, 5.41) is 26.7. The third-order valence-corrected chi connectivity index (χ3v) is 6.35. The molecule has 0 bridgehead atoms. The minimum Gasteiger partial charge on any atom is -0.465 e. The Labute approximate surface area is 211 Å². The van der Waals surface area contributed by atoms with E-state index >= 15 is 0 Å². The van der Waals surface area contributed by atoms with E-state index in [0.717, 1.165) is 0 Å². The third kappa shape index (κ3) is 5.37. The summed E-state index contributed by atoms with van der Waals surface area (Å²) >= 11 is 6.17. The van der Waals surface area contributed by atoms with Gasteiger partial charge in [0.05, 0.1) is 18.3 Å². The molecule has 2 aromatic carbocycles. The normalized spacial score (nSPS) is 20.1. The number of nitrogens with one attached hydrogen (secondary N) is 3. The predicted molar refractivity (Wildman–Crippen MR) is 130 cm³/mol. The first-order valence-electron chi connectivity index (χ1n) is 11.2. The molecule has 190 valence electrons. The monoisotopic (exact) mass is 516 g/mol. The molecule has 5 N–H and O–H groups in total. The van der Waals surface area contributed by atoms with E-state index in [-0.39, 0.29) is 30.8 Å². The van der Waals surface area contributed by atoms with Crippen LogP contribution in [0.4, 0.5) is 21.0 Å². The fraction of sp³-hybridized carbons (Fsp3) is 0.333. The van der Waals surface area contributed by atoms with E-state index in [0.29, 0.717) is 22.7 Å². The van der Waals surface area contributed by atoms with Gasteiger partial charge in [0.1, 0.15) is 6.04 Å². The highest BCUT2D eigenvalue weighted by Gasteiger charge is 2.49. The number of aliphatic hydroxyl groups excluding tert-OH is 1. The van der Waals surface area contributed by atoms with Crippen molar-refractivity contribution in [1.29, 1.82) is 0 Å². The molecule has 4 amide bonds. The smallest absolute Gasteiger partial charge is 0.412 e. The minimum atomic E-state index is -1.23. The van der Waals surface area contributed by atoms with Gasteiger partial charge in [-0.2, -0.15) is 0 Å². The lowest BCUT2D eigenvalue weighted by atomic mass is 9.90. The highest BCUT2D eigenvalue weighted by molar-refractivity contribution is 6.30. The van der Waals surface area contributed by atoms with Crippen molar-refractivity contribution in [3.8, 4) is 0 Å². The lowest BCUT2D eigenvalue weighted by Crippen LogP contribution is -2.50. The van der Waals surface area contributed by atoms with Crippen molar-refractivity contribution >= 4 is 47.0 Å². The van der Waals surface area contributed by atoms with E-state index in [2.05, 4.69) is 16.0 Å². The van der Waals surface area contributed by atoms with Gasteiger partial charge in [0.2, 0.25) is 5.91 Å². The summed E-state index contributed by atoms with van der Waals surface area (Å²) in [5.74, 6) is -0.987. The highest BCUT2D eigenvalue weighted by atomic mass is 35.5. The number of anilines is 2. The van der Waals surface area contributed by atoms with Gasteiger partial charge in [0.15, 0.2) is 5.60 Å². The number of hydrogen-bond acceptors (Lipinski definition) is 6. The van der Waals surface area contributed by atoms with Crippen LogP contribution in [0.5, 0.6) is 0 Å². The first-order valence-corrected chi connectivity index (χ1v) is 11.6. The van der Waals surface area contributed by atoms with Crippen LogP contribution in [0.15, 0.2) is 42.5 Å². The number of benzene rings is 2. The van der Waals surface area contributed by atoms with Crippen molar-refractivity contribution in [2.24, 2.45) is 0 Å². The number of carboxylic acid groups (broad SMARTS) is 1. The van der Waals surface area contributed by atoms with Gasteiger partial charge in [-0.1, -0.05) is 11.6 Å². The molecule has 2 aliphatic heterocycles. The molecule has 4 rings (SSSR count). The van der Waals surface area contributed by atoms with Gasteiger partial charge in [-0.3, -0.25) is 20.2 Å². The summed E-state index contributed by atoms with van der Waals surface area (Å²) in [7, 11) is 0. The van der Waals surface area contributed by atoms with E-state index in [4.69, 9.17) is 21.4 Å². The van der Waals surface area contributed by atoms with Gasteiger partial charge < -0.3 is 25.2 Å². The van der Waals surface area contributed by atoms with E-state index < -0.39 is 41.7 Å². The average molecular weight is 517 g/mol. The van der Waals surface area contributed by atoms with Crippen LogP contribution in [0.25, 0.3) is 0 Å². The molecule has 2 unspecified atom stereocenters. The number of aliphatic hydroxyl groups is 1. The number of hydrogen-bond donors (Lipinski definition) is 5. The molecule has 1 spiro atoms. The van der Waals surface area contributed by atoms with Crippen LogP contribution in [0.2, 0.25) is 5.02 Å². The predicted octanol–water partition coefficient (Wildman–Crippen LogP) is 2.99. The Bertz CT molecular complexity index is 1200. The first kappa shape index (κ1) is 25.3. The Morgan fingerprint density at radius 1 is 1.22 bits per heavy atom. The largest absolute Gasteiger partial charge is 0.465 e. The van der Waals surface area contributed by atoms with Gasteiger partial charge in [-0.25, -0.2) is 9.59 Å². The second-order valence-electron chi connectivity index (χ2n) is 8.83. The van der Waals surface area contributed by atoms with Gasteiger partial charge in [-0.15, -0.1) is 0 Å². The number of fused-ring (bicyclic) bond motifs is 2. The van der Waals surface area contributed by atoms with Crippen LogP contribution >= 0.6 is 11.6 Å². The molecular formula is C24H25ClN4O7. The molecule has 0 saturated carbocycles. The molecule has 12 heteroatoms. The highest BCUT2D eigenvalue weighted by Crippen LogP contribution is 2.43. The molecule has 2 aromatic rings. The van der Waals surface area contributed by atoms with Crippen LogP contribution in [-0.2, 0) is 15.1 Å². The van der Waals surface area contributed by atoms with Gasteiger partial charge in [0.25, 0.3) is 5.91 Å². The number of carbonyl (C=O) groups is 4. The van der Waals surface area contributed by atoms with Crippen molar-refractivity contribution < 1.29 is 34.1 Å². The standard InChI is InChI=1S/C24H25ClN4O7/c1-13(30)10-19(27-20(31)14-2-5-16(6-3-14)26-22(33)34)21(32)29-9-8-24(12-29)17-11-15(25)4-7-18(17)28-23(35)36-24/h2-7,11,13,19,26,30H,8-10,12H2,1H3,(H,27,31)(H,28,35)(H,33,34)/t13?,19-,24?/m0/s1. The zero-order valence-corrected chi connectivity index (χ0v) is 20.0. The van der Waals surface area contributed by atoms with Crippen LogP contribution in [0.3, 0.4) is 0 Å². The van der Waals surface area contributed by atoms with Crippen LogP contribution in [0.1, 0.15) is 35.7 Å². The third-order valence-electron chi connectivity index (χ3n) is 6.12. The van der Waals surface area contributed by atoms with E-state index in [1.165, 1.54) is 36.1 Å². The molecule has 0 radical (unpaired) electrons. The number of rotatable bonds is 6. The number of carbonyl (C=O) groups excluding carboxylic acids is 3. The summed E-state index contributed by atoms with van der Waals surface area (Å²) in [6.45, 7) is 1.84. The molecule has 1 fully saturated rings. The Morgan fingerprint density at radius 2 is 1.94 bits per heavy atom. The van der Waals surface area contributed by atoms with Crippen LogP contribution in [0, 0.1) is 0 Å². The molecular weight excluding hydrogens is 492 g/mol. The van der Waals surface area contributed by atoms with Crippen molar-refractivity contribution in [2.45, 2.75) is 37.5 Å². The van der Waals surface area contributed by atoms with Crippen molar-refractivity contribution in [3.63, 3.8) is 0 Å². The molecule has 11 nitrogen and oxygen atoms in total. The van der Waals surface area contributed by atoms with E-state index in [1.54, 1.807) is 18.2 Å². The van der Waals surface area contributed by atoms with Gasteiger partial charge in [-0.05, 0) is 49.4 Å². The summed E-state index contributed by atoms with van der Waals surface area (Å²) < 4.78 is 5.66. The number of likely N-dealkylation sites (tertiary alicyclic amines) is 1. The maximum absolute atomic E-state index is 13.5. The van der Waals surface area contributed by atoms with Crippen molar-refractivity contribution in [3.05, 3.63) is 58.6 Å². The minimum absolute atomic E-state index is 0.0313. The van der Waals surface area contributed by atoms with Crippen molar-refractivity contribution in [2.75, 3.05) is 23.7 Å². The van der Waals surface area contributed by atoms with E-state index in [1.807, 2.05) is 0 Å². The Hall–Kier alpha value is -3.83. The molecule has 3 atom stereocenters. The van der Waals surface area contributed by atoms with Gasteiger partial charge >= 0.3 is 12.2 Å². The summed E-state index contributed by atoms with van der Waals surface area (Å²) in [4.78, 5) is 50.8. The molecule has 1 saturated heterocycles. The molecule has 36 heavy (non-hydrogen) atoms. The Morgan fingerprint density at radius 3 is 2.61 bits per heavy atom. The number of amides is 4. The fourth-order valence-electron chi connectivity index (χ4n) is 4.50. The maximum Gasteiger partial charge on any atom is 0.412 e. The zero-order valence-electron chi connectivity index (χ0n) is 19.3. The van der Waals surface area contributed by atoms with Crippen LogP contribution in [-0.4, -0.2) is 64.3 Å². The lowest BCUT2D eigenvalue weighted by Gasteiger charge is -2.35. The fourth-order valence-corrected chi connectivity index (χ4v) is 4.67. The molecule has 2 aliphatic rings. The zero-order chi connectivity index (χ0) is 26.0. The lowest BCUT2D eigenvalue weighted by molar-refractivity contribution is -0.134. The van der Waals surface area contributed by atoms with Crippen LogP contribution < -0.4 is 16.0 Å². The molecule has 2 heterocycles. The second-order valence-corrected chi connectivity index (χ2v) is 9.26. The quantitative estimate of drug-likeness (QED) is 0.395. The second kappa shape index (κ2) is 10.0. The topological polar surface area (TPSA) is 157 Å². The molecule has 0 aromatic heterocycles. The average Bonchev–Trinajstić information content (AvgIpc) is 3.22. The number of halogens is 1. The number of nitrogens with zero attached hydrogens (tertiary/aromatic N) is 1. The SMILES string of the molecule is CC(O)C[C@H](NC(=O)c1ccc(NC(=O)O)cc1)C(=O)N1CCC2(C1)OC(=O)Nc1ccc(Cl)cc12. The summed E-state index contributed by atoms with van der Waals surface area (Å²) in [5.41, 5.74) is 0.638. The Balaban J connectivity index is 1.51. The van der Waals surface area contributed by atoms with E-state index in [9.17, 15) is 24.3 Å². The first-order chi connectivity index (χ1) is 17.1. The summed E-state index contributed by atoms with van der Waals surface area (Å²) in [6.07, 6.45) is -2.44. The maximum atomic E-state index is 13.5.